The van der Waals surface area contributed by atoms with Crippen LogP contribution in [0.25, 0.3) is 0 Å². The molecule has 0 unspecified atom stereocenters. The number of aromatic carboxylic acids is 4. The van der Waals surface area contributed by atoms with Gasteiger partial charge in [-0.25, -0.2) is 0 Å². The average Bonchev–Trinajstić information content (AvgIpc) is 2.55. The van der Waals surface area contributed by atoms with Crippen molar-refractivity contribution < 1.29 is 195 Å². The summed E-state index contributed by atoms with van der Waals surface area (Å²) in [4.78, 5) is 41.3. The van der Waals surface area contributed by atoms with Crippen LogP contribution in [0.1, 0.15) is 42.9 Å². The summed E-state index contributed by atoms with van der Waals surface area (Å²) in [7, 11) is 0. The van der Waals surface area contributed by atoms with E-state index >= 15 is 0 Å². The third-order valence-electron chi connectivity index (χ3n) is 2.73. The molecule has 27 heavy (non-hydrogen) atoms. The number of rotatable bonds is 4. The monoisotopic (exact) mass is 446 g/mol. The van der Waals surface area contributed by atoms with Crippen molar-refractivity contribution >= 4 is 23.9 Å². The molecule has 0 N–H and O–H groups in total. The van der Waals surface area contributed by atoms with Crippen molar-refractivity contribution in [1.29, 1.82) is 0 Å². The number of carbonyl (C=O) groups is 4. The maximum absolute atomic E-state index is 10.3. The summed E-state index contributed by atoms with van der Waals surface area (Å²) in [5.74, 6) is -6.07. The van der Waals surface area contributed by atoms with E-state index < -0.39 is 23.9 Å². The average molecular weight is 447 g/mol. The molecule has 0 spiro atoms. The molecule has 2 aromatic rings. The Hall–Kier alpha value is 1.23. The molecule has 124 valence electrons. The fourth-order valence-corrected chi connectivity index (χ4v) is 1.68. The first-order valence-corrected chi connectivity index (χ1v) is 6.29. The summed E-state index contributed by atoms with van der Waals surface area (Å²) in [6.07, 6.45) is 0. The predicted molar refractivity (Wildman–Crippen MR) is 71.3 cm³/mol. The van der Waals surface area contributed by atoms with Gasteiger partial charge < -0.3 is 39.6 Å². The second-order valence-corrected chi connectivity index (χ2v) is 4.24. The van der Waals surface area contributed by atoms with Crippen molar-refractivity contribution in [1.82, 2.24) is 0 Å². The van der Waals surface area contributed by atoms with E-state index in [4.69, 9.17) is 0 Å². The number of carbonyl (C=O) groups excluding carboxylic acids is 4. The Labute approximate surface area is 283 Å². The summed E-state index contributed by atoms with van der Waals surface area (Å²) in [5, 5.41) is 41.3. The maximum Gasteiger partial charge on any atom is 1.00 e. The number of benzene rings is 2. The van der Waals surface area contributed by atoms with E-state index in [2.05, 4.69) is 0 Å². The van der Waals surface area contributed by atoms with Crippen LogP contribution in [0, 0.1) is 0 Å². The van der Waals surface area contributed by atoms with Gasteiger partial charge in [0.25, 0.3) is 0 Å². The Morgan fingerprint density at radius 3 is 0.741 bits per heavy atom. The zero-order valence-electron chi connectivity index (χ0n) is 15.9. The van der Waals surface area contributed by atoms with Crippen molar-refractivity contribution in [2.24, 2.45) is 0 Å². The van der Waals surface area contributed by atoms with Crippen LogP contribution in [-0.4, -0.2) is 23.9 Å². The van der Waals surface area contributed by atoms with Crippen molar-refractivity contribution in [2.75, 3.05) is 0 Å². The van der Waals surface area contributed by atoms with Gasteiger partial charge in [-0.05, 0) is 0 Å². The molecule has 0 aliphatic carbocycles. The largest absolute Gasteiger partial charge is 1.00 e. The molecule has 0 saturated heterocycles. The minimum Gasteiger partial charge on any atom is -0.545 e. The van der Waals surface area contributed by atoms with Crippen LogP contribution in [0.3, 0.4) is 0 Å². The van der Waals surface area contributed by atoms with E-state index in [-0.39, 0.29) is 178 Å². The molecule has 2 rings (SSSR count). The molecule has 0 aliphatic rings. The normalized spacial score (nSPS) is 8.30. The Morgan fingerprint density at radius 1 is 0.481 bits per heavy atom. The molecule has 11 heteroatoms. The summed E-state index contributed by atoms with van der Waals surface area (Å²) in [5.41, 5.74) is -1.45. The SMILES string of the molecule is O=C([O-])c1ccccc1C(=O)[O-].O=C([O-])c1ccccc1C(=O)[O-].[H+].[K+].[K+].[K+]. The smallest absolute Gasteiger partial charge is 0.545 e. The number of hydrogen-bond acceptors (Lipinski definition) is 8. The molecule has 0 heterocycles. The van der Waals surface area contributed by atoms with Gasteiger partial charge in [-0.2, -0.15) is 0 Å². The van der Waals surface area contributed by atoms with Crippen LogP contribution < -0.4 is 175 Å². The summed E-state index contributed by atoms with van der Waals surface area (Å²) < 4.78 is 0. The van der Waals surface area contributed by atoms with E-state index in [9.17, 15) is 39.6 Å². The molecule has 0 aliphatic heterocycles. The summed E-state index contributed by atoms with van der Waals surface area (Å²) >= 11 is 0. The van der Waals surface area contributed by atoms with Gasteiger partial charge in [0, 0.05) is 22.3 Å². The first kappa shape index (κ1) is 32.9. The molecule has 0 atom stereocenters. The number of hydrogen-bond donors (Lipinski definition) is 0. The first-order chi connectivity index (χ1) is 11.3. The fourth-order valence-electron chi connectivity index (χ4n) is 1.68. The van der Waals surface area contributed by atoms with Gasteiger partial charge in [0.1, 0.15) is 0 Å². The molecule has 0 saturated carbocycles. The number of carboxylic acids is 4. The van der Waals surface area contributed by atoms with Crippen molar-refractivity contribution in [3.8, 4) is 0 Å². The van der Waals surface area contributed by atoms with E-state index in [0.29, 0.717) is 0 Å². The second kappa shape index (κ2) is 17.0. The van der Waals surface area contributed by atoms with Gasteiger partial charge >= 0.3 is 156 Å². The molecule has 0 radical (unpaired) electrons. The van der Waals surface area contributed by atoms with Gasteiger partial charge in [0.2, 0.25) is 0 Å². The van der Waals surface area contributed by atoms with Gasteiger partial charge in [-0.1, -0.05) is 48.5 Å². The first-order valence-electron chi connectivity index (χ1n) is 6.29. The molecule has 0 fully saturated rings. The molecular weight excluding hydrogens is 437 g/mol. The predicted octanol–water partition coefficient (Wildman–Crippen LogP) is -12.0. The molecule has 0 bridgehead atoms. The Kier molecular flexibility index (Phi) is 20.7. The van der Waals surface area contributed by atoms with Gasteiger partial charge in [0.05, 0.1) is 23.9 Å². The van der Waals surface area contributed by atoms with E-state index in [1.54, 1.807) is 0 Å². The third-order valence-corrected chi connectivity index (χ3v) is 2.73. The van der Waals surface area contributed by atoms with E-state index in [0.717, 1.165) is 24.3 Å². The molecule has 2 aromatic carbocycles. The quantitative estimate of drug-likeness (QED) is 0.418. The van der Waals surface area contributed by atoms with Crippen LogP contribution in [-0.2, 0) is 0 Å². The standard InChI is InChI=1S/2C8H6O4.3K/c2*9-7(10)5-3-1-2-4-6(5)8(11)12;;;/h2*1-4H,(H,9,10)(H,11,12);;;/q;;3*+1/p-3. The molecule has 0 amide bonds. The summed E-state index contributed by atoms with van der Waals surface area (Å²) in [6.45, 7) is 0. The maximum atomic E-state index is 10.3. The third kappa shape index (κ3) is 11.3. The van der Waals surface area contributed by atoms with Gasteiger partial charge in [-0.15, -0.1) is 0 Å². The zero-order valence-corrected chi connectivity index (χ0v) is 24.3. The second-order valence-electron chi connectivity index (χ2n) is 4.24. The molecule has 8 nitrogen and oxygen atoms in total. The van der Waals surface area contributed by atoms with Crippen LogP contribution in [0.4, 0.5) is 0 Å². The molecule has 0 aromatic heterocycles. The minimum absolute atomic E-state index is 0. The van der Waals surface area contributed by atoms with E-state index in [1.807, 2.05) is 0 Å². The van der Waals surface area contributed by atoms with Crippen molar-refractivity contribution in [3.63, 3.8) is 0 Å². The summed E-state index contributed by atoms with van der Waals surface area (Å²) in [6, 6.07) is 10.3. The zero-order chi connectivity index (χ0) is 18.3. The van der Waals surface area contributed by atoms with Gasteiger partial charge in [0.15, 0.2) is 0 Å². The number of carboxylic acid groups (broad SMARTS) is 4. The van der Waals surface area contributed by atoms with Crippen LogP contribution in [0.2, 0.25) is 0 Å². The van der Waals surface area contributed by atoms with Crippen molar-refractivity contribution in [2.45, 2.75) is 0 Å². The Balaban J connectivity index is -0.000000180. The topological polar surface area (TPSA) is 161 Å². The van der Waals surface area contributed by atoms with Crippen LogP contribution in [0.15, 0.2) is 48.5 Å². The Bertz CT molecular complexity index is 680. The van der Waals surface area contributed by atoms with E-state index in [1.165, 1.54) is 24.3 Å². The van der Waals surface area contributed by atoms with Crippen LogP contribution in [0.5, 0.6) is 0 Å². The fraction of sp³-hybridized carbons (Fsp3) is 0. The van der Waals surface area contributed by atoms with Crippen molar-refractivity contribution in [3.05, 3.63) is 70.8 Å². The van der Waals surface area contributed by atoms with Crippen LogP contribution >= 0.6 is 0 Å². The molecular formula is C16H9K3O8. The van der Waals surface area contributed by atoms with Gasteiger partial charge in [-0.3, -0.25) is 0 Å². The minimum atomic E-state index is -1.52. The Morgan fingerprint density at radius 2 is 0.630 bits per heavy atom.